The van der Waals surface area contributed by atoms with E-state index in [4.69, 9.17) is 22.1 Å². The molecule has 0 spiro atoms. The summed E-state index contributed by atoms with van der Waals surface area (Å²) in [4.78, 5) is 3.91. The summed E-state index contributed by atoms with van der Waals surface area (Å²) in [6.45, 7) is 0.714. The fourth-order valence-corrected chi connectivity index (χ4v) is 1.68. The first-order chi connectivity index (χ1) is 6.79. The van der Waals surface area contributed by atoms with Gasteiger partial charge in [-0.1, -0.05) is 11.6 Å². The molecule has 0 amide bonds. The van der Waals surface area contributed by atoms with Gasteiger partial charge in [0.05, 0.1) is 17.7 Å². The Morgan fingerprint density at radius 3 is 3.07 bits per heavy atom. The number of aromatic nitrogens is 1. The summed E-state index contributed by atoms with van der Waals surface area (Å²) in [5, 5.41) is 0.580. The Bertz CT molecular complexity index is 365. The fraction of sp³-hybridized carbons (Fsp3) is 0.300. The zero-order valence-electron chi connectivity index (χ0n) is 7.61. The van der Waals surface area contributed by atoms with E-state index in [9.17, 15) is 0 Å². The van der Waals surface area contributed by atoms with Gasteiger partial charge in [0.2, 0.25) is 0 Å². The summed E-state index contributed by atoms with van der Waals surface area (Å²) in [6, 6.07) is 1.54. The van der Waals surface area contributed by atoms with E-state index in [1.165, 1.54) is 0 Å². The summed E-state index contributed by atoms with van der Waals surface area (Å²) in [5.74, 6) is 0.804. The summed E-state index contributed by atoms with van der Waals surface area (Å²) < 4.78 is 5.38. The third-order valence-corrected chi connectivity index (χ3v) is 2.49. The molecule has 2 N–H and O–H groups in total. The lowest BCUT2D eigenvalue weighted by Gasteiger charge is -2.14. The van der Waals surface area contributed by atoms with Gasteiger partial charge in [-0.2, -0.15) is 0 Å². The van der Waals surface area contributed by atoms with Crippen molar-refractivity contribution < 1.29 is 4.74 Å². The SMILES string of the molecule is NC(C1=CCCO1)c1ccncc1Cl. The maximum absolute atomic E-state index is 6.00. The predicted molar refractivity (Wildman–Crippen MR) is 54.8 cm³/mol. The van der Waals surface area contributed by atoms with Gasteiger partial charge in [-0.15, -0.1) is 0 Å². The van der Waals surface area contributed by atoms with E-state index in [-0.39, 0.29) is 6.04 Å². The van der Waals surface area contributed by atoms with Gasteiger partial charge in [0.1, 0.15) is 5.76 Å². The first kappa shape index (κ1) is 9.49. The monoisotopic (exact) mass is 210 g/mol. The normalized spacial score (nSPS) is 17.4. The summed E-state index contributed by atoms with van der Waals surface area (Å²) in [5.41, 5.74) is 6.85. The van der Waals surface area contributed by atoms with Crippen LogP contribution >= 0.6 is 11.6 Å². The molecule has 1 aromatic rings. The highest BCUT2D eigenvalue weighted by Gasteiger charge is 2.18. The summed E-state index contributed by atoms with van der Waals surface area (Å²) >= 11 is 5.97. The van der Waals surface area contributed by atoms with E-state index in [1.807, 2.05) is 12.1 Å². The molecule has 1 aliphatic heterocycles. The van der Waals surface area contributed by atoms with E-state index in [0.717, 1.165) is 17.7 Å². The van der Waals surface area contributed by atoms with Crippen LogP contribution in [-0.4, -0.2) is 11.6 Å². The molecule has 14 heavy (non-hydrogen) atoms. The molecule has 0 radical (unpaired) electrons. The van der Waals surface area contributed by atoms with Crippen LogP contribution in [0.3, 0.4) is 0 Å². The molecule has 4 heteroatoms. The minimum absolute atomic E-state index is 0.270. The van der Waals surface area contributed by atoms with Crippen molar-refractivity contribution in [3.63, 3.8) is 0 Å². The van der Waals surface area contributed by atoms with Gasteiger partial charge in [0.15, 0.2) is 0 Å². The average molecular weight is 211 g/mol. The van der Waals surface area contributed by atoms with E-state index < -0.39 is 0 Å². The third-order valence-electron chi connectivity index (χ3n) is 2.18. The number of pyridine rings is 1. The second kappa shape index (κ2) is 3.98. The fourth-order valence-electron chi connectivity index (χ4n) is 1.45. The van der Waals surface area contributed by atoms with Crippen LogP contribution in [0.5, 0.6) is 0 Å². The number of hydrogen-bond acceptors (Lipinski definition) is 3. The third kappa shape index (κ3) is 1.74. The molecule has 1 aromatic heterocycles. The van der Waals surface area contributed by atoms with Crippen molar-refractivity contribution in [1.29, 1.82) is 0 Å². The Morgan fingerprint density at radius 1 is 1.57 bits per heavy atom. The number of rotatable bonds is 2. The van der Waals surface area contributed by atoms with Crippen LogP contribution in [-0.2, 0) is 4.74 Å². The van der Waals surface area contributed by atoms with Crippen molar-refractivity contribution in [2.24, 2.45) is 5.73 Å². The van der Waals surface area contributed by atoms with Crippen LogP contribution < -0.4 is 5.73 Å². The second-order valence-corrected chi connectivity index (χ2v) is 3.53. The molecule has 0 saturated carbocycles. The van der Waals surface area contributed by atoms with Crippen molar-refractivity contribution in [1.82, 2.24) is 4.98 Å². The Morgan fingerprint density at radius 2 is 2.43 bits per heavy atom. The molecular weight excluding hydrogens is 200 g/mol. The van der Waals surface area contributed by atoms with E-state index in [2.05, 4.69) is 4.98 Å². The van der Waals surface area contributed by atoms with Gasteiger partial charge >= 0.3 is 0 Å². The molecule has 1 unspecified atom stereocenters. The molecule has 0 aromatic carbocycles. The van der Waals surface area contributed by atoms with Crippen LogP contribution in [0.15, 0.2) is 30.3 Å². The first-order valence-corrected chi connectivity index (χ1v) is 4.84. The lowest BCUT2D eigenvalue weighted by Crippen LogP contribution is -2.14. The molecule has 0 fully saturated rings. The molecule has 74 valence electrons. The van der Waals surface area contributed by atoms with E-state index in [0.29, 0.717) is 11.6 Å². The maximum Gasteiger partial charge on any atom is 0.113 e. The van der Waals surface area contributed by atoms with Crippen molar-refractivity contribution in [2.75, 3.05) is 6.61 Å². The zero-order valence-corrected chi connectivity index (χ0v) is 8.37. The predicted octanol–water partition coefficient (Wildman–Crippen LogP) is 2.04. The lowest BCUT2D eigenvalue weighted by molar-refractivity contribution is 0.225. The van der Waals surface area contributed by atoms with Crippen molar-refractivity contribution in [3.05, 3.63) is 40.9 Å². The maximum atomic E-state index is 6.00. The second-order valence-electron chi connectivity index (χ2n) is 3.12. The Labute approximate surface area is 87.5 Å². The van der Waals surface area contributed by atoms with Gasteiger partial charge in [-0.25, -0.2) is 0 Å². The average Bonchev–Trinajstić information content (AvgIpc) is 2.70. The minimum atomic E-state index is -0.270. The molecule has 0 aliphatic carbocycles. The van der Waals surface area contributed by atoms with Crippen LogP contribution in [0, 0.1) is 0 Å². The van der Waals surface area contributed by atoms with Gasteiger partial charge in [-0.05, 0) is 17.7 Å². The standard InChI is InChI=1S/C10H11ClN2O/c11-8-6-13-4-3-7(8)10(12)9-2-1-5-14-9/h2-4,6,10H,1,5,12H2. The van der Waals surface area contributed by atoms with Crippen molar-refractivity contribution in [3.8, 4) is 0 Å². The van der Waals surface area contributed by atoms with Gasteiger partial charge in [0, 0.05) is 18.8 Å². The number of nitrogens with zero attached hydrogens (tertiary/aromatic N) is 1. The molecule has 2 rings (SSSR count). The molecule has 3 nitrogen and oxygen atoms in total. The van der Waals surface area contributed by atoms with Crippen molar-refractivity contribution >= 4 is 11.6 Å². The number of hydrogen-bond donors (Lipinski definition) is 1. The van der Waals surface area contributed by atoms with Crippen LogP contribution in [0.25, 0.3) is 0 Å². The van der Waals surface area contributed by atoms with Crippen molar-refractivity contribution in [2.45, 2.75) is 12.5 Å². The minimum Gasteiger partial charge on any atom is -0.496 e. The smallest absolute Gasteiger partial charge is 0.113 e. The molecule has 0 bridgehead atoms. The number of nitrogens with two attached hydrogens (primary N) is 1. The Balaban J connectivity index is 2.26. The molecular formula is C10H11ClN2O. The van der Waals surface area contributed by atoms with Gasteiger partial charge in [-0.3, -0.25) is 4.98 Å². The molecule has 0 saturated heterocycles. The lowest BCUT2D eigenvalue weighted by atomic mass is 10.1. The van der Waals surface area contributed by atoms with Crippen LogP contribution in [0.4, 0.5) is 0 Å². The Kier molecular flexibility index (Phi) is 2.70. The van der Waals surface area contributed by atoms with E-state index >= 15 is 0 Å². The van der Waals surface area contributed by atoms with E-state index in [1.54, 1.807) is 12.4 Å². The highest BCUT2D eigenvalue weighted by molar-refractivity contribution is 6.31. The number of halogens is 1. The highest BCUT2D eigenvalue weighted by atomic mass is 35.5. The quantitative estimate of drug-likeness (QED) is 0.813. The Hall–Kier alpha value is -1.06. The number of ether oxygens (including phenoxy) is 1. The topological polar surface area (TPSA) is 48.1 Å². The molecule has 1 atom stereocenters. The summed E-state index contributed by atoms with van der Waals surface area (Å²) in [7, 11) is 0. The van der Waals surface area contributed by atoms with Crippen LogP contribution in [0.1, 0.15) is 18.0 Å². The largest absolute Gasteiger partial charge is 0.496 e. The zero-order chi connectivity index (χ0) is 9.97. The van der Waals surface area contributed by atoms with Crippen LogP contribution in [0.2, 0.25) is 5.02 Å². The van der Waals surface area contributed by atoms with Gasteiger partial charge < -0.3 is 10.5 Å². The summed E-state index contributed by atoms with van der Waals surface area (Å²) in [6.07, 6.45) is 6.19. The first-order valence-electron chi connectivity index (χ1n) is 4.47. The molecule has 2 heterocycles. The molecule has 1 aliphatic rings. The highest BCUT2D eigenvalue weighted by Crippen LogP contribution is 2.28. The van der Waals surface area contributed by atoms with Gasteiger partial charge in [0.25, 0.3) is 0 Å².